The zero-order chi connectivity index (χ0) is 6.69. The van der Waals surface area contributed by atoms with Crippen molar-refractivity contribution in [1.29, 1.82) is 0 Å². The molecule has 2 heteroatoms. The maximum Gasteiger partial charge on any atom is 0.0784 e. The Morgan fingerprint density at radius 2 is 2.56 bits per heavy atom. The summed E-state index contributed by atoms with van der Waals surface area (Å²) in [5, 5.41) is 6.05. The summed E-state index contributed by atoms with van der Waals surface area (Å²) in [6.07, 6.45) is 3.29. The Hall–Kier alpha value is -0.110. The van der Waals surface area contributed by atoms with Crippen molar-refractivity contribution in [2.75, 3.05) is 0 Å². The van der Waals surface area contributed by atoms with Gasteiger partial charge in [0, 0.05) is 6.20 Å². The monoisotopic (exact) mass is 143 g/mol. The van der Waals surface area contributed by atoms with Crippen LogP contribution in [0.15, 0.2) is 11.6 Å². The maximum atomic E-state index is 3.29. The van der Waals surface area contributed by atoms with Gasteiger partial charge in [0.25, 0.3) is 0 Å². The molecular weight excluding hydrogens is 130 g/mol. The first-order valence-corrected chi connectivity index (χ1v) is 4.35. The highest BCUT2D eigenvalue weighted by Crippen LogP contribution is 2.24. The van der Waals surface area contributed by atoms with Gasteiger partial charge in [-0.15, -0.1) is 11.8 Å². The summed E-state index contributed by atoms with van der Waals surface area (Å²) in [6.45, 7) is 4.50. The Kier molecular flexibility index (Phi) is 2.46. The minimum Gasteiger partial charge on any atom is -0.378 e. The third kappa shape index (κ3) is 1.65. The Labute approximate surface area is 60.9 Å². The van der Waals surface area contributed by atoms with Crippen molar-refractivity contribution < 1.29 is 0 Å². The van der Waals surface area contributed by atoms with E-state index in [2.05, 4.69) is 24.6 Å². The minimum atomic E-state index is 0.634. The van der Waals surface area contributed by atoms with Gasteiger partial charge in [0.05, 0.1) is 5.37 Å². The van der Waals surface area contributed by atoms with Gasteiger partial charge in [0.1, 0.15) is 0 Å². The van der Waals surface area contributed by atoms with Gasteiger partial charge >= 0.3 is 0 Å². The van der Waals surface area contributed by atoms with Crippen LogP contribution < -0.4 is 5.32 Å². The van der Waals surface area contributed by atoms with Gasteiger partial charge in [-0.2, -0.15) is 0 Å². The predicted octanol–water partition coefficient (Wildman–Crippen LogP) is 2.17. The van der Waals surface area contributed by atoms with E-state index in [0.717, 1.165) is 5.92 Å². The van der Waals surface area contributed by atoms with E-state index in [1.165, 1.54) is 6.42 Å². The summed E-state index contributed by atoms with van der Waals surface area (Å²) in [4.78, 5) is 0. The summed E-state index contributed by atoms with van der Waals surface area (Å²) in [6, 6.07) is 0. The highest BCUT2D eigenvalue weighted by Gasteiger charge is 2.15. The number of hydrogen-bond donors (Lipinski definition) is 1. The average molecular weight is 143 g/mol. The van der Waals surface area contributed by atoms with Crippen LogP contribution in [0, 0.1) is 5.92 Å². The highest BCUT2D eigenvalue weighted by atomic mass is 32.2. The Morgan fingerprint density at radius 3 is 3.00 bits per heavy atom. The Balaban J connectivity index is 2.27. The third-order valence-corrected chi connectivity index (χ3v) is 2.90. The normalized spacial score (nSPS) is 28.0. The average Bonchev–Trinajstić information content (AvgIpc) is 2.37. The molecule has 1 N–H and O–H groups in total. The SMILES string of the molecule is CCC(C)C1NC=CS1. The zero-order valence-electron chi connectivity index (χ0n) is 5.92. The summed E-state index contributed by atoms with van der Waals surface area (Å²) in [7, 11) is 0. The second kappa shape index (κ2) is 3.16. The molecule has 9 heavy (non-hydrogen) atoms. The Bertz CT molecular complexity index is 103. The molecule has 2 unspecified atom stereocenters. The van der Waals surface area contributed by atoms with Gasteiger partial charge in [0.2, 0.25) is 0 Å². The van der Waals surface area contributed by atoms with Crippen molar-refractivity contribution in [3.05, 3.63) is 11.6 Å². The molecule has 0 aliphatic carbocycles. The first kappa shape index (κ1) is 7.00. The van der Waals surface area contributed by atoms with Crippen molar-refractivity contribution in [3.8, 4) is 0 Å². The van der Waals surface area contributed by atoms with Gasteiger partial charge in [-0.1, -0.05) is 20.3 Å². The van der Waals surface area contributed by atoms with Crippen LogP contribution in [-0.2, 0) is 0 Å². The van der Waals surface area contributed by atoms with Gasteiger partial charge in [-0.25, -0.2) is 0 Å². The van der Waals surface area contributed by atoms with Crippen LogP contribution in [0.2, 0.25) is 0 Å². The van der Waals surface area contributed by atoms with Crippen molar-refractivity contribution in [1.82, 2.24) is 5.32 Å². The number of nitrogens with one attached hydrogen (secondary N) is 1. The number of hydrogen-bond acceptors (Lipinski definition) is 2. The fraction of sp³-hybridized carbons (Fsp3) is 0.714. The lowest BCUT2D eigenvalue weighted by atomic mass is 10.1. The zero-order valence-corrected chi connectivity index (χ0v) is 6.74. The Morgan fingerprint density at radius 1 is 1.78 bits per heavy atom. The molecule has 0 saturated carbocycles. The molecule has 1 nitrogen and oxygen atoms in total. The molecule has 1 aliphatic heterocycles. The second-order valence-corrected chi connectivity index (χ2v) is 3.46. The predicted molar refractivity (Wildman–Crippen MR) is 43.1 cm³/mol. The molecule has 0 spiro atoms. The first-order valence-electron chi connectivity index (χ1n) is 3.41. The number of thioether (sulfide) groups is 1. The van der Waals surface area contributed by atoms with Gasteiger partial charge in [-0.05, 0) is 11.3 Å². The van der Waals surface area contributed by atoms with E-state index in [9.17, 15) is 0 Å². The largest absolute Gasteiger partial charge is 0.378 e. The van der Waals surface area contributed by atoms with E-state index in [1.807, 2.05) is 18.0 Å². The summed E-state index contributed by atoms with van der Waals surface area (Å²) in [5.41, 5.74) is 0. The van der Waals surface area contributed by atoms with Gasteiger partial charge < -0.3 is 5.32 Å². The van der Waals surface area contributed by atoms with Crippen LogP contribution in [0.4, 0.5) is 0 Å². The molecule has 0 aromatic rings. The fourth-order valence-corrected chi connectivity index (χ4v) is 1.75. The van der Waals surface area contributed by atoms with Crippen LogP contribution >= 0.6 is 11.8 Å². The van der Waals surface area contributed by atoms with E-state index in [4.69, 9.17) is 0 Å². The van der Waals surface area contributed by atoms with Crippen molar-refractivity contribution in [2.45, 2.75) is 25.6 Å². The molecule has 0 fully saturated rings. The molecule has 1 aliphatic rings. The molecule has 0 bridgehead atoms. The van der Waals surface area contributed by atoms with Crippen LogP contribution in [0.5, 0.6) is 0 Å². The molecular formula is C7H13NS. The van der Waals surface area contributed by atoms with Crippen molar-refractivity contribution >= 4 is 11.8 Å². The molecule has 0 aromatic heterocycles. The van der Waals surface area contributed by atoms with Crippen LogP contribution in [0.25, 0.3) is 0 Å². The molecule has 2 atom stereocenters. The molecule has 1 heterocycles. The standard InChI is InChI=1S/C7H13NS/c1-3-6(2)7-8-4-5-9-7/h4-8H,3H2,1-2H3. The van der Waals surface area contributed by atoms with Crippen molar-refractivity contribution in [2.24, 2.45) is 5.92 Å². The molecule has 0 aromatic carbocycles. The quantitative estimate of drug-likeness (QED) is 0.635. The smallest absolute Gasteiger partial charge is 0.0784 e. The third-order valence-electron chi connectivity index (χ3n) is 1.71. The lowest BCUT2D eigenvalue weighted by Crippen LogP contribution is -2.23. The second-order valence-electron chi connectivity index (χ2n) is 2.41. The molecule has 0 radical (unpaired) electrons. The summed E-state index contributed by atoms with van der Waals surface area (Å²) in [5.74, 6) is 0.782. The highest BCUT2D eigenvalue weighted by molar-refractivity contribution is 8.02. The first-order chi connectivity index (χ1) is 4.34. The molecule has 52 valence electrons. The fourth-order valence-electron chi connectivity index (χ4n) is 0.810. The lowest BCUT2D eigenvalue weighted by molar-refractivity contribution is 0.510. The topological polar surface area (TPSA) is 12.0 Å². The van der Waals surface area contributed by atoms with Crippen LogP contribution in [0.1, 0.15) is 20.3 Å². The van der Waals surface area contributed by atoms with E-state index in [1.54, 1.807) is 0 Å². The van der Waals surface area contributed by atoms with E-state index in [-0.39, 0.29) is 0 Å². The number of rotatable bonds is 2. The van der Waals surface area contributed by atoms with E-state index in [0.29, 0.717) is 5.37 Å². The molecule has 0 saturated heterocycles. The van der Waals surface area contributed by atoms with Gasteiger partial charge in [-0.3, -0.25) is 0 Å². The summed E-state index contributed by atoms with van der Waals surface area (Å²) < 4.78 is 0. The minimum absolute atomic E-state index is 0.634. The maximum absolute atomic E-state index is 3.29. The summed E-state index contributed by atoms with van der Waals surface area (Å²) >= 11 is 1.88. The van der Waals surface area contributed by atoms with Crippen molar-refractivity contribution in [3.63, 3.8) is 0 Å². The van der Waals surface area contributed by atoms with Crippen LogP contribution in [0.3, 0.4) is 0 Å². The van der Waals surface area contributed by atoms with E-state index < -0.39 is 0 Å². The molecule has 0 amide bonds. The lowest BCUT2D eigenvalue weighted by Gasteiger charge is -2.16. The van der Waals surface area contributed by atoms with Crippen LogP contribution in [-0.4, -0.2) is 5.37 Å². The van der Waals surface area contributed by atoms with E-state index >= 15 is 0 Å². The molecule has 1 rings (SSSR count). The van der Waals surface area contributed by atoms with Gasteiger partial charge in [0.15, 0.2) is 0 Å².